The predicted octanol–water partition coefficient (Wildman–Crippen LogP) is 3.92. The van der Waals surface area contributed by atoms with Crippen molar-refractivity contribution in [1.29, 1.82) is 0 Å². The molecule has 0 aromatic heterocycles. The van der Waals surface area contributed by atoms with Crippen LogP contribution >= 0.6 is 0 Å². The van der Waals surface area contributed by atoms with E-state index < -0.39 is 9.84 Å². The number of hydrogen-bond donors (Lipinski definition) is 0. The van der Waals surface area contributed by atoms with E-state index in [2.05, 4.69) is 48.5 Å². The Balaban J connectivity index is 2.28. The average molecular weight is 331 g/mol. The fraction of sp³-hybridized carbons (Fsp3) is 1.00. The van der Waals surface area contributed by atoms with Gasteiger partial charge >= 0.3 is 0 Å². The lowest BCUT2D eigenvalue weighted by Gasteiger charge is -2.44. The fourth-order valence-corrected chi connectivity index (χ4v) is 7.07. The minimum atomic E-state index is -3.01. The molecule has 2 rings (SSSR count). The fourth-order valence-electron chi connectivity index (χ4n) is 4.30. The Bertz CT molecular complexity index is 495. The molecule has 0 bridgehead atoms. The summed E-state index contributed by atoms with van der Waals surface area (Å²) >= 11 is 0. The van der Waals surface area contributed by atoms with Crippen LogP contribution in [-0.4, -0.2) is 32.1 Å². The molecule has 5 unspecified atom stereocenters. The van der Waals surface area contributed by atoms with Gasteiger partial charge in [0.1, 0.15) is 0 Å². The van der Waals surface area contributed by atoms with Crippen LogP contribution in [0.5, 0.6) is 0 Å². The van der Waals surface area contributed by atoms with E-state index in [4.69, 9.17) is 4.74 Å². The van der Waals surface area contributed by atoms with Gasteiger partial charge in [0.2, 0.25) is 0 Å². The molecule has 0 aromatic rings. The molecule has 2 fully saturated rings. The first-order valence-corrected chi connectivity index (χ1v) is 10.4. The summed E-state index contributed by atoms with van der Waals surface area (Å²) in [5, 5.41) is -0.214. The van der Waals surface area contributed by atoms with Gasteiger partial charge in [0.05, 0.1) is 23.7 Å². The van der Waals surface area contributed by atoms with Crippen LogP contribution in [0, 0.1) is 28.6 Å². The maximum atomic E-state index is 12.8. The summed E-state index contributed by atoms with van der Waals surface area (Å²) in [5.74, 6) is 1.18. The molecule has 22 heavy (non-hydrogen) atoms. The van der Waals surface area contributed by atoms with Gasteiger partial charge in [0, 0.05) is 5.92 Å². The van der Waals surface area contributed by atoms with Gasteiger partial charge in [-0.2, -0.15) is 0 Å². The first-order chi connectivity index (χ1) is 9.82. The molecule has 2 aliphatic heterocycles. The Kier molecular flexibility index (Phi) is 4.78. The van der Waals surface area contributed by atoms with Crippen molar-refractivity contribution in [2.24, 2.45) is 28.6 Å². The van der Waals surface area contributed by atoms with Crippen molar-refractivity contribution in [2.45, 2.75) is 72.7 Å². The van der Waals surface area contributed by atoms with Crippen molar-refractivity contribution >= 4 is 9.84 Å². The highest BCUT2D eigenvalue weighted by atomic mass is 32.2. The van der Waals surface area contributed by atoms with Crippen LogP contribution in [0.1, 0.15) is 61.3 Å². The van der Waals surface area contributed by atoms with Crippen LogP contribution in [-0.2, 0) is 14.6 Å². The highest BCUT2D eigenvalue weighted by molar-refractivity contribution is 7.92. The molecule has 3 nitrogen and oxygen atoms in total. The minimum absolute atomic E-state index is 0.0574. The molecule has 5 atom stereocenters. The standard InChI is InChI=1S/C18H34O3S/c1-12-8-15(18(5,6)7)14(10-21-12)16-9-13(17(2,3)4)11-22(16,19)20/h12-16H,8-11H2,1-7H3. The highest BCUT2D eigenvalue weighted by Gasteiger charge is 2.51. The molecule has 4 heteroatoms. The van der Waals surface area contributed by atoms with E-state index in [0.29, 0.717) is 18.3 Å². The topological polar surface area (TPSA) is 43.4 Å². The van der Waals surface area contributed by atoms with Crippen LogP contribution in [0.15, 0.2) is 0 Å². The SMILES string of the molecule is CC1CC(C(C)(C)C)C(C2CC(C(C)(C)C)CS2(=O)=O)CO1. The Morgan fingerprint density at radius 2 is 1.55 bits per heavy atom. The summed E-state index contributed by atoms with van der Waals surface area (Å²) in [4.78, 5) is 0. The summed E-state index contributed by atoms with van der Waals surface area (Å²) < 4.78 is 31.5. The molecule has 0 aliphatic carbocycles. The van der Waals surface area contributed by atoms with Crippen molar-refractivity contribution in [3.8, 4) is 0 Å². The van der Waals surface area contributed by atoms with Crippen LogP contribution in [0.2, 0.25) is 0 Å². The maximum Gasteiger partial charge on any atom is 0.153 e. The smallest absolute Gasteiger partial charge is 0.153 e. The van der Waals surface area contributed by atoms with Gasteiger partial charge in [-0.05, 0) is 42.4 Å². The second-order valence-corrected chi connectivity index (χ2v) is 11.9. The lowest BCUT2D eigenvalue weighted by atomic mass is 9.67. The highest BCUT2D eigenvalue weighted by Crippen LogP contribution is 2.48. The van der Waals surface area contributed by atoms with Gasteiger partial charge in [-0.1, -0.05) is 41.5 Å². The van der Waals surface area contributed by atoms with E-state index in [0.717, 1.165) is 12.8 Å². The van der Waals surface area contributed by atoms with Crippen molar-refractivity contribution in [1.82, 2.24) is 0 Å². The Hall–Kier alpha value is -0.0900. The third-order valence-electron chi connectivity index (χ3n) is 5.90. The first kappa shape index (κ1) is 18.3. The number of hydrogen-bond acceptors (Lipinski definition) is 3. The van der Waals surface area contributed by atoms with E-state index in [1.807, 2.05) is 0 Å². The van der Waals surface area contributed by atoms with Crippen molar-refractivity contribution in [3.63, 3.8) is 0 Å². The molecule has 0 radical (unpaired) electrons. The van der Waals surface area contributed by atoms with E-state index in [9.17, 15) is 8.42 Å². The molecule has 130 valence electrons. The van der Waals surface area contributed by atoms with Gasteiger partial charge in [-0.15, -0.1) is 0 Å². The monoisotopic (exact) mass is 330 g/mol. The lowest BCUT2D eigenvalue weighted by Crippen LogP contribution is -2.46. The molecule has 0 amide bonds. The molecule has 2 heterocycles. The van der Waals surface area contributed by atoms with Gasteiger partial charge in [0.25, 0.3) is 0 Å². The minimum Gasteiger partial charge on any atom is -0.378 e. The quantitative estimate of drug-likeness (QED) is 0.732. The third-order valence-corrected chi connectivity index (χ3v) is 8.23. The van der Waals surface area contributed by atoms with E-state index in [1.165, 1.54) is 0 Å². The zero-order valence-corrected chi connectivity index (χ0v) is 16.2. The summed E-state index contributed by atoms with van der Waals surface area (Å²) in [6.07, 6.45) is 2.02. The summed E-state index contributed by atoms with van der Waals surface area (Å²) in [6, 6.07) is 0. The molecule has 0 spiro atoms. The predicted molar refractivity (Wildman–Crippen MR) is 91.6 cm³/mol. The van der Waals surface area contributed by atoms with Gasteiger partial charge in [-0.25, -0.2) is 8.42 Å². The van der Waals surface area contributed by atoms with Crippen LogP contribution in [0.25, 0.3) is 0 Å². The normalized spacial score (nSPS) is 39.9. The van der Waals surface area contributed by atoms with Crippen LogP contribution < -0.4 is 0 Å². The molecule has 0 N–H and O–H groups in total. The molecular formula is C18H34O3S. The van der Waals surface area contributed by atoms with E-state index in [-0.39, 0.29) is 34.0 Å². The van der Waals surface area contributed by atoms with E-state index in [1.54, 1.807) is 0 Å². The summed E-state index contributed by atoms with van der Waals surface area (Å²) in [6.45, 7) is 15.9. The lowest BCUT2D eigenvalue weighted by molar-refractivity contribution is -0.0692. The number of ether oxygens (including phenoxy) is 1. The zero-order valence-electron chi connectivity index (χ0n) is 15.3. The van der Waals surface area contributed by atoms with E-state index >= 15 is 0 Å². The van der Waals surface area contributed by atoms with Crippen molar-refractivity contribution in [3.05, 3.63) is 0 Å². The molecular weight excluding hydrogens is 296 g/mol. The van der Waals surface area contributed by atoms with Crippen LogP contribution in [0.3, 0.4) is 0 Å². The molecule has 2 saturated heterocycles. The van der Waals surface area contributed by atoms with Crippen molar-refractivity contribution < 1.29 is 13.2 Å². The Labute approximate surface area is 137 Å². The second-order valence-electron chi connectivity index (χ2n) is 9.68. The number of sulfone groups is 1. The zero-order chi connectivity index (χ0) is 16.9. The maximum absolute atomic E-state index is 12.8. The Morgan fingerprint density at radius 3 is 2.00 bits per heavy atom. The Morgan fingerprint density at radius 1 is 0.955 bits per heavy atom. The summed E-state index contributed by atoms with van der Waals surface area (Å²) in [5.41, 5.74) is 0.180. The van der Waals surface area contributed by atoms with Crippen LogP contribution in [0.4, 0.5) is 0 Å². The van der Waals surface area contributed by atoms with Gasteiger partial charge < -0.3 is 4.74 Å². The first-order valence-electron chi connectivity index (χ1n) is 8.65. The summed E-state index contributed by atoms with van der Waals surface area (Å²) in [7, 11) is -3.01. The molecule has 2 aliphatic rings. The average Bonchev–Trinajstić information content (AvgIpc) is 2.64. The van der Waals surface area contributed by atoms with Crippen molar-refractivity contribution in [2.75, 3.05) is 12.4 Å². The third kappa shape index (κ3) is 3.69. The van der Waals surface area contributed by atoms with Gasteiger partial charge in [-0.3, -0.25) is 0 Å². The number of rotatable bonds is 1. The molecule has 0 saturated carbocycles. The largest absolute Gasteiger partial charge is 0.378 e. The second kappa shape index (κ2) is 5.77. The molecule has 0 aromatic carbocycles. The van der Waals surface area contributed by atoms with Gasteiger partial charge in [0.15, 0.2) is 9.84 Å².